The lowest BCUT2D eigenvalue weighted by Crippen LogP contribution is -2.44. The van der Waals surface area contributed by atoms with Crippen LogP contribution in [0.25, 0.3) is 0 Å². The van der Waals surface area contributed by atoms with Crippen LogP contribution in [0.15, 0.2) is 72.8 Å². The third-order valence-corrected chi connectivity index (χ3v) is 11.2. The molecule has 0 unspecified atom stereocenters. The topological polar surface area (TPSA) is 22.7 Å². The van der Waals surface area contributed by atoms with Gasteiger partial charge in [0.05, 0.1) is 0 Å². The van der Waals surface area contributed by atoms with E-state index in [1.807, 2.05) is 0 Å². The Labute approximate surface area is 298 Å². The lowest BCUT2D eigenvalue weighted by molar-refractivity contribution is 0.153. The van der Waals surface area contributed by atoms with Crippen molar-refractivity contribution in [2.24, 2.45) is 0 Å². The highest BCUT2D eigenvalue weighted by Crippen LogP contribution is 2.35. The van der Waals surface area contributed by atoms with Gasteiger partial charge in [-0.2, -0.15) is 0 Å². The number of anilines is 3. The second-order valence-corrected chi connectivity index (χ2v) is 15.1. The third-order valence-electron chi connectivity index (χ3n) is 11.2. The fraction of sp³-hybridized carbons (Fsp3) is 0.571. The van der Waals surface area contributed by atoms with Crippen LogP contribution in [0.4, 0.5) is 17.1 Å². The molecule has 0 spiro atoms. The fourth-order valence-electron chi connectivity index (χ4n) is 7.62. The van der Waals surface area contributed by atoms with Gasteiger partial charge in [0.1, 0.15) is 0 Å². The molecule has 0 bridgehead atoms. The number of likely N-dealkylation sites (N-methyl/N-ethyl adjacent to an activating group) is 3. The lowest BCUT2D eigenvalue weighted by atomic mass is 10.1. The number of nitrogens with zero attached hydrogens (tertiary/aromatic N) is 7. The van der Waals surface area contributed by atoms with E-state index in [2.05, 4.69) is 128 Å². The first-order valence-corrected chi connectivity index (χ1v) is 19.3. The van der Waals surface area contributed by atoms with E-state index >= 15 is 0 Å². The van der Waals surface area contributed by atoms with Gasteiger partial charge in [-0.25, -0.2) is 0 Å². The van der Waals surface area contributed by atoms with E-state index in [1.54, 1.807) is 0 Å². The zero-order chi connectivity index (χ0) is 33.8. The van der Waals surface area contributed by atoms with Crippen molar-refractivity contribution in [1.82, 2.24) is 29.4 Å². The Morgan fingerprint density at radius 1 is 0.367 bits per heavy atom. The SMILES string of the molecule is CN1CCN(CCCc2ccc(N(c3ccc(CCCN4CCN(C)CC4)cc3)c3ccc(CCCN4CCN(C)CC4)cc3)cc2)CC1. The third kappa shape index (κ3) is 11.1. The molecule has 3 saturated heterocycles. The van der Waals surface area contributed by atoms with Crippen molar-refractivity contribution >= 4 is 17.1 Å². The van der Waals surface area contributed by atoms with E-state index in [9.17, 15) is 0 Å². The number of hydrogen-bond acceptors (Lipinski definition) is 7. The molecule has 6 rings (SSSR count). The second-order valence-electron chi connectivity index (χ2n) is 15.1. The number of rotatable bonds is 15. The minimum absolute atomic E-state index is 1.14. The highest BCUT2D eigenvalue weighted by molar-refractivity contribution is 5.76. The molecule has 0 aromatic heterocycles. The molecule has 3 aromatic carbocycles. The predicted octanol–water partition coefficient (Wildman–Crippen LogP) is 5.70. The van der Waals surface area contributed by atoms with Crippen LogP contribution in [0.3, 0.4) is 0 Å². The minimum Gasteiger partial charge on any atom is -0.311 e. The van der Waals surface area contributed by atoms with Gasteiger partial charge < -0.3 is 34.3 Å². The summed E-state index contributed by atoms with van der Waals surface area (Å²) >= 11 is 0. The Balaban J connectivity index is 1.08. The Hall–Kier alpha value is -2.78. The molecule has 3 aliphatic heterocycles. The minimum atomic E-state index is 1.14. The lowest BCUT2D eigenvalue weighted by Gasteiger charge is -2.32. The van der Waals surface area contributed by atoms with Crippen LogP contribution in [-0.2, 0) is 19.3 Å². The normalized spacial score (nSPS) is 19.4. The summed E-state index contributed by atoms with van der Waals surface area (Å²) in [5.41, 5.74) is 7.99. The summed E-state index contributed by atoms with van der Waals surface area (Å²) < 4.78 is 0. The van der Waals surface area contributed by atoms with Crippen LogP contribution in [0.5, 0.6) is 0 Å². The van der Waals surface area contributed by atoms with Crippen LogP contribution < -0.4 is 4.90 Å². The van der Waals surface area contributed by atoms with Gasteiger partial charge in [-0.05, 0) is 132 Å². The molecule has 0 radical (unpaired) electrons. The number of hydrogen-bond donors (Lipinski definition) is 0. The number of piperazine rings is 3. The van der Waals surface area contributed by atoms with Gasteiger partial charge in [-0.3, -0.25) is 0 Å². The zero-order valence-corrected chi connectivity index (χ0v) is 30.9. The summed E-state index contributed by atoms with van der Waals surface area (Å²) in [5, 5.41) is 0. The Morgan fingerprint density at radius 3 is 0.857 bits per heavy atom. The molecule has 0 aliphatic carbocycles. The summed E-state index contributed by atoms with van der Waals surface area (Å²) in [5.74, 6) is 0. The van der Waals surface area contributed by atoms with Crippen molar-refractivity contribution in [2.45, 2.75) is 38.5 Å². The Morgan fingerprint density at radius 2 is 0.612 bits per heavy atom. The second kappa shape index (κ2) is 18.5. The molecule has 7 heteroatoms. The van der Waals surface area contributed by atoms with Crippen LogP contribution in [0, 0.1) is 0 Å². The summed E-state index contributed by atoms with van der Waals surface area (Å²) in [6.07, 6.45) is 7.08. The molecule has 0 N–H and O–H groups in total. The molecular weight excluding hydrogens is 603 g/mol. The molecular formula is C42H63N7. The highest BCUT2D eigenvalue weighted by atomic mass is 15.3. The average molecular weight is 666 g/mol. The van der Waals surface area contributed by atoms with E-state index in [0.717, 1.165) is 19.3 Å². The molecule has 0 amide bonds. The number of aryl methyl sites for hydroxylation is 3. The standard InChI is InChI=1S/C42H63N7/c1-43-25-31-46(32-26-43)22-4-7-37-10-16-40(17-11-37)49(41-18-12-38(13-19-41)8-5-23-47-33-27-44(2)28-34-47)42-20-14-39(15-21-42)9-6-24-48-35-29-45(3)30-36-48/h10-21H,4-9,22-36H2,1-3H3. The maximum absolute atomic E-state index is 2.63. The molecule has 49 heavy (non-hydrogen) atoms. The Kier molecular flexibility index (Phi) is 13.6. The largest absolute Gasteiger partial charge is 0.311 e. The first-order valence-electron chi connectivity index (χ1n) is 19.3. The van der Waals surface area contributed by atoms with Crippen molar-refractivity contribution in [2.75, 3.05) is 124 Å². The van der Waals surface area contributed by atoms with Gasteiger partial charge in [-0.15, -0.1) is 0 Å². The molecule has 3 heterocycles. The van der Waals surface area contributed by atoms with Crippen LogP contribution in [0.1, 0.15) is 36.0 Å². The van der Waals surface area contributed by atoms with Gasteiger partial charge in [0.25, 0.3) is 0 Å². The Bertz CT molecular complexity index is 1180. The van der Waals surface area contributed by atoms with Gasteiger partial charge in [-0.1, -0.05) is 36.4 Å². The van der Waals surface area contributed by atoms with Crippen LogP contribution in [0.2, 0.25) is 0 Å². The molecule has 266 valence electrons. The summed E-state index contributed by atoms with van der Waals surface area (Å²) in [7, 11) is 6.70. The van der Waals surface area contributed by atoms with Crippen LogP contribution in [-0.4, -0.2) is 149 Å². The summed E-state index contributed by atoms with van der Waals surface area (Å²) in [6, 6.07) is 28.1. The van der Waals surface area contributed by atoms with E-state index in [1.165, 1.54) is 151 Å². The summed E-state index contributed by atoms with van der Waals surface area (Å²) in [4.78, 5) is 17.6. The van der Waals surface area contributed by atoms with E-state index in [0.29, 0.717) is 0 Å². The molecule has 7 nitrogen and oxygen atoms in total. The maximum Gasteiger partial charge on any atom is 0.0461 e. The van der Waals surface area contributed by atoms with Gasteiger partial charge >= 0.3 is 0 Å². The van der Waals surface area contributed by atoms with E-state index in [-0.39, 0.29) is 0 Å². The van der Waals surface area contributed by atoms with Crippen molar-refractivity contribution < 1.29 is 0 Å². The average Bonchev–Trinajstić information content (AvgIpc) is 3.13. The van der Waals surface area contributed by atoms with Crippen molar-refractivity contribution in [1.29, 1.82) is 0 Å². The van der Waals surface area contributed by atoms with Crippen molar-refractivity contribution in [3.05, 3.63) is 89.5 Å². The maximum atomic E-state index is 2.63. The van der Waals surface area contributed by atoms with E-state index < -0.39 is 0 Å². The first-order chi connectivity index (χ1) is 24.0. The highest BCUT2D eigenvalue weighted by Gasteiger charge is 2.17. The van der Waals surface area contributed by atoms with Crippen molar-refractivity contribution in [3.63, 3.8) is 0 Å². The summed E-state index contributed by atoms with van der Waals surface area (Å²) in [6.45, 7) is 18.0. The molecule has 0 saturated carbocycles. The first kappa shape index (κ1) is 36.0. The van der Waals surface area contributed by atoms with Gasteiger partial charge in [0.2, 0.25) is 0 Å². The molecule has 0 atom stereocenters. The number of benzene rings is 3. The smallest absolute Gasteiger partial charge is 0.0461 e. The molecule has 3 fully saturated rings. The predicted molar refractivity (Wildman–Crippen MR) is 208 cm³/mol. The van der Waals surface area contributed by atoms with Crippen LogP contribution >= 0.6 is 0 Å². The monoisotopic (exact) mass is 666 g/mol. The van der Waals surface area contributed by atoms with Gasteiger partial charge in [0, 0.05) is 95.6 Å². The van der Waals surface area contributed by atoms with Crippen molar-refractivity contribution in [3.8, 4) is 0 Å². The zero-order valence-electron chi connectivity index (χ0n) is 30.9. The van der Waals surface area contributed by atoms with Gasteiger partial charge in [0.15, 0.2) is 0 Å². The quantitative estimate of drug-likeness (QED) is 0.205. The molecule has 3 aliphatic rings. The fourth-order valence-corrected chi connectivity index (χ4v) is 7.62. The van der Waals surface area contributed by atoms with E-state index in [4.69, 9.17) is 0 Å². The molecule has 3 aromatic rings.